The van der Waals surface area contributed by atoms with Crippen molar-refractivity contribution in [2.24, 2.45) is 0 Å². The summed E-state index contributed by atoms with van der Waals surface area (Å²) in [6.45, 7) is 6.87. The largest absolute Gasteiger partial charge is 0.497 e. The molecule has 0 saturated heterocycles. The molecule has 1 heterocycles. The zero-order valence-corrected chi connectivity index (χ0v) is 9.75. The van der Waals surface area contributed by atoms with Crippen molar-refractivity contribution in [2.75, 3.05) is 7.11 Å². The number of nitrogens with zero attached hydrogens (tertiary/aromatic N) is 2. The van der Waals surface area contributed by atoms with Crippen molar-refractivity contribution in [1.29, 1.82) is 0 Å². The number of aromatic amines is 1. The van der Waals surface area contributed by atoms with Crippen LogP contribution in [0.2, 0.25) is 0 Å². The Morgan fingerprint density at radius 2 is 2.11 bits per heavy atom. The van der Waals surface area contributed by atoms with E-state index in [1.807, 2.05) is 0 Å². The van der Waals surface area contributed by atoms with Gasteiger partial charge >= 0.3 is 6.18 Å². The SMILES string of the molecule is [C-]#[N+]c1ccc(-c2ncc(C(F)(F)F)[nH]2)c(OC)c1. The summed E-state index contributed by atoms with van der Waals surface area (Å²) in [5, 5.41) is 0. The highest BCUT2D eigenvalue weighted by Crippen LogP contribution is 2.34. The number of benzene rings is 1. The minimum atomic E-state index is -4.48. The molecule has 4 nitrogen and oxygen atoms in total. The first kappa shape index (κ1) is 13.0. The molecule has 0 spiro atoms. The summed E-state index contributed by atoms with van der Waals surface area (Å²) in [5.74, 6) is 0.331. The van der Waals surface area contributed by atoms with Crippen LogP contribution in [0.5, 0.6) is 5.75 Å². The van der Waals surface area contributed by atoms with Crippen LogP contribution < -0.4 is 4.74 Å². The normalized spacial score (nSPS) is 11.1. The number of H-pyrrole nitrogens is 1. The molecule has 2 rings (SSSR count). The van der Waals surface area contributed by atoms with E-state index < -0.39 is 11.9 Å². The van der Waals surface area contributed by atoms with Crippen LogP contribution in [0.4, 0.5) is 18.9 Å². The summed E-state index contributed by atoms with van der Waals surface area (Å²) in [6, 6.07) is 4.42. The second-order valence-electron chi connectivity index (χ2n) is 3.64. The third-order valence-electron chi connectivity index (χ3n) is 2.45. The van der Waals surface area contributed by atoms with E-state index in [9.17, 15) is 13.2 Å². The van der Waals surface area contributed by atoms with Crippen molar-refractivity contribution in [3.8, 4) is 17.1 Å². The molecule has 0 fully saturated rings. The van der Waals surface area contributed by atoms with Crippen LogP contribution in [0.3, 0.4) is 0 Å². The number of halogens is 3. The number of nitrogens with one attached hydrogen (secondary N) is 1. The van der Waals surface area contributed by atoms with Gasteiger partial charge < -0.3 is 9.72 Å². The van der Waals surface area contributed by atoms with Crippen LogP contribution in [0.25, 0.3) is 16.2 Å². The molecule has 1 N–H and O–H groups in total. The Hall–Kier alpha value is -2.49. The molecule has 2 aromatic rings. The molecular weight excluding hydrogens is 259 g/mol. The Morgan fingerprint density at radius 3 is 2.63 bits per heavy atom. The van der Waals surface area contributed by atoms with Gasteiger partial charge in [0.15, 0.2) is 5.69 Å². The third-order valence-corrected chi connectivity index (χ3v) is 2.45. The minimum Gasteiger partial charge on any atom is -0.497 e. The summed E-state index contributed by atoms with van der Waals surface area (Å²) in [4.78, 5) is 9.09. The van der Waals surface area contributed by atoms with Gasteiger partial charge in [-0.05, 0) is 6.07 Å². The predicted octanol–water partition coefficient (Wildman–Crippen LogP) is 3.65. The van der Waals surface area contributed by atoms with Crippen molar-refractivity contribution in [2.45, 2.75) is 6.18 Å². The van der Waals surface area contributed by atoms with Crippen molar-refractivity contribution in [1.82, 2.24) is 9.97 Å². The topological polar surface area (TPSA) is 42.3 Å². The van der Waals surface area contributed by atoms with Gasteiger partial charge in [0.05, 0.1) is 25.4 Å². The molecule has 0 saturated carbocycles. The number of rotatable bonds is 2. The van der Waals surface area contributed by atoms with Crippen LogP contribution in [-0.2, 0) is 6.18 Å². The molecule has 1 aromatic carbocycles. The van der Waals surface area contributed by atoms with Gasteiger partial charge in [0.2, 0.25) is 0 Å². The summed E-state index contributed by atoms with van der Waals surface area (Å²) < 4.78 is 42.5. The number of aromatic nitrogens is 2. The molecule has 0 aliphatic heterocycles. The molecular formula is C12H8F3N3O. The van der Waals surface area contributed by atoms with Crippen LogP contribution in [0.1, 0.15) is 5.69 Å². The lowest BCUT2D eigenvalue weighted by atomic mass is 10.1. The lowest BCUT2D eigenvalue weighted by Gasteiger charge is -2.07. The molecule has 1 aromatic heterocycles. The number of imidazole rings is 1. The molecule has 0 aliphatic rings. The first-order valence-electron chi connectivity index (χ1n) is 5.14. The van der Waals surface area contributed by atoms with Gasteiger partial charge in [-0.2, -0.15) is 13.2 Å². The lowest BCUT2D eigenvalue weighted by molar-refractivity contribution is -0.140. The standard InChI is InChI=1S/C12H8F3N3O/c1-16-7-3-4-8(9(5-7)19-2)11-17-6-10(18-11)12(13,14)15/h3-6H,2H3,(H,17,18). The Bertz CT molecular complexity index is 640. The van der Waals surface area contributed by atoms with Crippen molar-refractivity contribution >= 4 is 5.69 Å². The van der Waals surface area contributed by atoms with Crippen molar-refractivity contribution < 1.29 is 17.9 Å². The van der Waals surface area contributed by atoms with E-state index in [2.05, 4.69) is 14.8 Å². The van der Waals surface area contributed by atoms with Crippen LogP contribution in [-0.4, -0.2) is 17.1 Å². The number of hydrogen-bond acceptors (Lipinski definition) is 2. The molecule has 0 amide bonds. The van der Waals surface area contributed by atoms with E-state index >= 15 is 0 Å². The summed E-state index contributed by atoms with van der Waals surface area (Å²) >= 11 is 0. The molecule has 0 bridgehead atoms. The molecule has 19 heavy (non-hydrogen) atoms. The number of ether oxygens (including phenoxy) is 1. The maximum atomic E-state index is 12.5. The maximum absolute atomic E-state index is 12.5. The van der Waals surface area contributed by atoms with Crippen molar-refractivity contribution in [3.05, 3.63) is 41.5 Å². The van der Waals surface area contributed by atoms with Gasteiger partial charge in [-0.25, -0.2) is 9.83 Å². The van der Waals surface area contributed by atoms with E-state index in [0.717, 1.165) is 6.20 Å². The maximum Gasteiger partial charge on any atom is 0.432 e. The molecule has 7 heteroatoms. The Morgan fingerprint density at radius 1 is 1.37 bits per heavy atom. The van der Waals surface area contributed by atoms with Gasteiger partial charge in [0.25, 0.3) is 0 Å². The average molecular weight is 267 g/mol. The van der Waals surface area contributed by atoms with Gasteiger partial charge in [-0.15, -0.1) is 0 Å². The molecule has 0 atom stereocenters. The molecule has 0 unspecified atom stereocenters. The second kappa shape index (κ2) is 4.65. The molecule has 98 valence electrons. The molecule has 0 radical (unpaired) electrons. The highest BCUT2D eigenvalue weighted by molar-refractivity contribution is 5.69. The average Bonchev–Trinajstić information content (AvgIpc) is 2.87. The monoisotopic (exact) mass is 267 g/mol. The third kappa shape index (κ3) is 2.52. The highest BCUT2D eigenvalue weighted by atomic mass is 19.4. The Labute approximate surface area is 106 Å². The van der Waals surface area contributed by atoms with Crippen LogP contribution in [0.15, 0.2) is 24.4 Å². The lowest BCUT2D eigenvalue weighted by Crippen LogP contribution is -2.04. The van der Waals surface area contributed by atoms with E-state index in [1.165, 1.54) is 25.3 Å². The second-order valence-corrected chi connectivity index (χ2v) is 3.64. The quantitative estimate of drug-likeness (QED) is 0.844. The zero-order valence-electron chi connectivity index (χ0n) is 9.75. The Balaban J connectivity index is 2.48. The minimum absolute atomic E-state index is 0.0423. The van der Waals surface area contributed by atoms with E-state index in [-0.39, 0.29) is 11.6 Å². The number of hydrogen-bond donors (Lipinski definition) is 1. The van der Waals surface area contributed by atoms with Crippen molar-refractivity contribution in [3.63, 3.8) is 0 Å². The van der Waals surface area contributed by atoms with Gasteiger partial charge in [-0.3, -0.25) is 0 Å². The molecule has 0 aliphatic carbocycles. The van der Waals surface area contributed by atoms with Gasteiger partial charge in [0, 0.05) is 0 Å². The number of methoxy groups -OCH3 is 1. The first-order valence-corrected chi connectivity index (χ1v) is 5.14. The van der Waals surface area contributed by atoms with E-state index in [0.29, 0.717) is 11.3 Å². The van der Waals surface area contributed by atoms with Gasteiger partial charge in [0.1, 0.15) is 17.3 Å². The fraction of sp³-hybridized carbons (Fsp3) is 0.167. The van der Waals surface area contributed by atoms with Crippen LogP contribution in [0, 0.1) is 6.57 Å². The Kier molecular flexibility index (Phi) is 3.17. The highest BCUT2D eigenvalue weighted by Gasteiger charge is 2.33. The van der Waals surface area contributed by atoms with Crippen LogP contribution >= 0.6 is 0 Å². The van der Waals surface area contributed by atoms with Gasteiger partial charge in [-0.1, -0.05) is 12.1 Å². The zero-order chi connectivity index (χ0) is 14.0. The fourth-order valence-corrected chi connectivity index (χ4v) is 1.55. The van der Waals surface area contributed by atoms with E-state index in [4.69, 9.17) is 11.3 Å². The fourth-order valence-electron chi connectivity index (χ4n) is 1.55. The predicted molar refractivity (Wildman–Crippen MR) is 61.8 cm³/mol. The summed E-state index contributed by atoms with van der Waals surface area (Å²) in [7, 11) is 1.38. The number of alkyl halides is 3. The smallest absolute Gasteiger partial charge is 0.432 e. The first-order chi connectivity index (χ1) is 8.95. The summed E-state index contributed by atoms with van der Waals surface area (Å²) in [5.41, 5.74) is -0.229. The summed E-state index contributed by atoms with van der Waals surface area (Å²) in [6.07, 6.45) is -3.76. The van der Waals surface area contributed by atoms with E-state index in [1.54, 1.807) is 0 Å².